The number of para-hydroxylation sites is 2. The molecule has 1 amide bonds. The monoisotopic (exact) mass is 485 g/mol. The van der Waals surface area contributed by atoms with Crippen LogP contribution in [0.1, 0.15) is 37.7 Å². The van der Waals surface area contributed by atoms with Crippen molar-refractivity contribution in [1.82, 2.24) is 14.7 Å². The van der Waals surface area contributed by atoms with E-state index in [2.05, 4.69) is 0 Å². The zero-order chi connectivity index (χ0) is 23.1. The Labute approximate surface area is 207 Å². The van der Waals surface area contributed by atoms with Crippen LogP contribution in [-0.4, -0.2) is 30.9 Å². The molecule has 1 aliphatic carbocycles. The Morgan fingerprint density at radius 1 is 1.03 bits per heavy atom. The number of thiocarbonyl (C=S) groups is 1. The van der Waals surface area contributed by atoms with Gasteiger partial charge in [0.05, 0.1) is 10.6 Å². The number of thioether (sulfide) groups is 1. The van der Waals surface area contributed by atoms with Gasteiger partial charge in [0, 0.05) is 23.2 Å². The molecule has 2 aromatic heterocycles. The van der Waals surface area contributed by atoms with Crippen LogP contribution in [-0.2, 0) is 4.79 Å². The number of fused-ring (bicyclic) bond motifs is 1. The summed E-state index contributed by atoms with van der Waals surface area (Å²) >= 11 is 7.02. The number of aromatic nitrogens is 2. The van der Waals surface area contributed by atoms with Crippen molar-refractivity contribution in [2.75, 3.05) is 0 Å². The van der Waals surface area contributed by atoms with Crippen molar-refractivity contribution in [3.05, 3.63) is 77.3 Å². The molecule has 2 fully saturated rings. The predicted molar refractivity (Wildman–Crippen MR) is 141 cm³/mol. The van der Waals surface area contributed by atoms with E-state index >= 15 is 0 Å². The van der Waals surface area contributed by atoms with Crippen molar-refractivity contribution in [2.24, 2.45) is 0 Å². The van der Waals surface area contributed by atoms with Gasteiger partial charge in [-0.05, 0) is 43.2 Å². The molecule has 0 spiro atoms. The lowest BCUT2D eigenvalue weighted by Crippen LogP contribution is -2.39. The molecule has 2 aromatic carbocycles. The first-order valence-electron chi connectivity index (χ1n) is 11.6. The van der Waals surface area contributed by atoms with Gasteiger partial charge in [-0.25, -0.2) is 4.68 Å². The van der Waals surface area contributed by atoms with Crippen LogP contribution in [0.15, 0.2) is 76.2 Å². The van der Waals surface area contributed by atoms with Crippen LogP contribution >= 0.6 is 24.0 Å². The normalized spacial score (nSPS) is 18.5. The van der Waals surface area contributed by atoms with Crippen LogP contribution in [0.4, 0.5) is 0 Å². The minimum atomic E-state index is 0.00455. The number of furan rings is 1. The third-order valence-corrected chi connectivity index (χ3v) is 7.80. The third kappa shape index (κ3) is 3.89. The summed E-state index contributed by atoms with van der Waals surface area (Å²) in [5.74, 6) is 0.676. The van der Waals surface area contributed by atoms with Gasteiger partial charge in [0.2, 0.25) is 0 Å². The third-order valence-electron chi connectivity index (χ3n) is 6.47. The Morgan fingerprint density at radius 3 is 2.59 bits per heavy atom. The first kappa shape index (κ1) is 21.4. The molecular formula is C27H23N3O2S2. The summed E-state index contributed by atoms with van der Waals surface area (Å²) < 4.78 is 8.63. The molecule has 34 heavy (non-hydrogen) atoms. The molecule has 0 radical (unpaired) electrons. The number of benzene rings is 2. The number of amides is 1. The summed E-state index contributed by atoms with van der Waals surface area (Å²) in [4.78, 5) is 15.9. The van der Waals surface area contributed by atoms with Crippen molar-refractivity contribution in [3.63, 3.8) is 0 Å². The lowest BCUT2D eigenvalue weighted by Gasteiger charge is -2.29. The molecule has 0 bridgehead atoms. The molecule has 1 aliphatic heterocycles. The fourth-order valence-electron chi connectivity index (χ4n) is 4.77. The summed E-state index contributed by atoms with van der Waals surface area (Å²) in [5, 5.41) is 5.87. The summed E-state index contributed by atoms with van der Waals surface area (Å²) in [6.45, 7) is 0. The average molecular weight is 486 g/mol. The molecule has 1 saturated heterocycles. The van der Waals surface area contributed by atoms with E-state index in [0.29, 0.717) is 20.7 Å². The first-order chi connectivity index (χ1) is 16.7. The highest BCUT2D eigenvalue weighted by Gasteiger charge is 2.37. The Kier molecular flexibility index (Phi) is 5.59. The van der Waals surface area contributed by atoms with Crippen molar-refractivity contribution in [1.29, 1.82) is 0 Å². The zero-order valence-corrected chi connectivity index (χ0v) is 20.1. The minimum absolute atomic E-state index is 0.00455. The average Bonchev–Trinajstić information content (AvgIpc) is 3.56. The van der Waals surface area contributed by atoms with E-state index in [4.69, 9.17) is 21.7 Å². The van der Waals surface area contributed by atoms with Crippen LogP contribution < -0.4 is 0 Å². The van der Waals surface area contributed by atoms with Gasteiger partial charge >= 0.3 is 0 Å². The van der Waals surface area contributed by atoms with Crippen molar-refractivity contribution in [2.45, 2.75) is 38.1 Å². The van der Waals surface area contributed by atoms with E-state index in [1.807, 2.05) is 82.5 Å². The lowest BCUT2D eigenvalue weighted by atomic mass is 9.94. The molecule has 170 valence electrons. The lowest BCUT2D eigenvalue weighted by molar-refractivity contribution is -0.124. The van der Waals surface area contributed by atoms with E-state index in [1.54, 1.807) is 0 Å². The maximum Gasteiger partial charge on any atom is 0.266 e. The summed E-state index contributed by atoms with van der Waals surface area (Å²) in [5.41, 5.74) is 3.27. The molecule has 4 aromatic rings. The second-order valence-corrected chi connectivity index (χ2v) is 10.4. The summed E-state index contributed by atoms with van der Waals surface area (Å²) in [6.07, 6.45) is 9.45. The van der Waals surface area contributed by atoms with E-state index in [9.17, 15) is 4.79 Å². The minimum Gasteiger partial charge on any atom is -0.454 e. The highest BCUT2D eigenvalue weighted by atomic mass is 32.2. The fourth-order valence-corrected chi connectivity index (χ4v) is 6.16. The highest BCUT2D eigenvalue weighted by Crippen LogP contribution is 2.39. The van der Waals surface area contributed by atoms with Gasteiger partial charge in [-0.3, -0.25) is 9.69 Å². The second kappa shape index (κ2) is 8.89. The Morgan fingerprint density at radius 2 is 1.79 bits per heavy atom. The van der Waals surface area contributed by atoms with Gasteiger partial charge in [0.25, 0.3) is 5.91 Å². The molecular weight excluding hydrogens is 462 g/mol. The molecule has 5 nitrogen and oxygen atoms in total. The second-order valence-electron chi connectivity index (χ2n) is 8.71. The van der Waals surface area contributed by atoms with Crippen molar-refractivity contribution in [3.8, 4) is 17.1 Å². The van der Waals surface area contributed by atoms with Crippen molar-refractivity contribution >= 4 is 51.3 Å². The first-order valence-corrected chi connectivity index (χ1v) is 12.8. The SMILES string of the molecule is O=C1/C(=C/c2cn(-c3ccccc3)nc2-c2cc3ccccc3o2)SC(=S)N1C1CCCCC1. The van der Waals surface area contributed by atoms with E-state index in [0.717, 1.165) is 47.9 Å². The maximum absolute atomic E-state index is 13.4. The molecule has 0 unspecified atom stereocenters. The quantitative estimate of drug-likeness (QED) is 0.234. The zero-order valence-electron chi connectivity index (χ0n) is 18.5. The standard InChI is InChI=1S/C27H23N3O2S2/c31-26-24(34-27(33)30(26)21-12-5-2-6-13-21)16-19-17-29(20-10-3-1-4-11-20)28-25(19)23-15-18-9-7-8-14-22(18)32-23/h1,3-4,7-11,14-17,21H,2,5-6,12-13H2/b24-16-. The molecule has 0 atom stereocenters. The molecule has 7 heteroatoms. The van der Waals surface area contributed by atoms with Gasteiger partial charge in [0.1, 0.15) is 15.6 Å². The van der Waals surface area contributed by atoms with E-state index in [1.165, 1.54) is 18.2 Å². The molecule has 1 saturated carbocycles. The number of rotatable bonds is 4. The molecule has 3 heterocycles. The Bertz CT molecular complexity index is 1380. The van der Waals surface area contributed by atoms with E-state index in [-0.39, 0.29) is 11.9 Å². The van der Waals surface area contributed by atoms with Crippen LogP contribution in [0.5, 0.6) is 0 Å². The topological polar surface area (TPSA) is 51.3 Å². The van der Waals surface area contributed by atoms with Gasteiger partial charge < -0.3 is 4.42 Å². The molecule has 2 aliphatic rings. The number of carbonyl (C=O) groups excluding carboxylic acids is 1. The van der Waals surface area contributed by atoms with Gasteiger partial charge in [-0.2, -0.15) is 5.10 Å². The number of hydrogen-bond acceptors (Lipinski definition) is 5. The number of carbonyl (C=O) groups is 1. The maximum atomic E-state index is 13.4. The summed E-state index contributed by atoms with van der Waals surface area (Å²) in [6, 6.07) is 20.1. The predicted octanol–water partition coefficient (Wildman–Crippen LogP) is 6.82. The van der Waals surface area contributed by atoms with Gasteiger partial charge in [0.15, 0.2) is 5.76 Å². The largest absolute Gasteiger partial charge is 0.454 e. The summed E-state index contributed by atoms with van der Waals surface area (Å²) in [7, 11) is 0. The fraction of sp³-hybridized carbons (Fsp3) is 0.222. The van der Waals surface area contributed by atoms with Gasteiger partial charge in [-0.1, -0.05) is 79.6 Å². The van der Waals surface area contributed by atoms with Crippen LogP contribution in [0, 0.1) is 0 Å². The van der Waals surface area contributed by atoms with Crippen molar-refractivity contribution < 1.29 is 9.21 Å². The van der Waals surface area contributed by atoms with Gasteiger partial charge in [-0.15, -0.1) is 0 Å². The molecule has 6 rings (SSSR count). The molecule has 0 N–H and O–H groups in total. The van der Waals surface area contributed by atoms with Crippen LogP contribution in [0.25, 0.3) is 34.2 Å². The highest BCUT2D eigenvalue weighted by molar-refractivity contribution is 8.26. The smallest absolute Gasteiger partial charge is 0.266 e. The Balaban J connectivity index is 1.42. The number of nitrogens with zero attached hydrogens (tertiary/aromatic N) is 3. The van der Waals surface area contributed by atoms with Crippen LogP contribution in [0.2, 0.25) is 0 Å². The Hall–Kier alpha value is -3.16. The van der Waals surface area contributed by atoms with Crippen LogP contribution in [0.3, 0.4) is 0 Å². The van der Waals surface area contributed by atoms with E-state index < -0.39 is 0 Å². The number of hydrogen-bond donors (Lipinski definition) is 0.